The minimum Gasteiger partial charge on any atom is -0.351 e. The average Bonchev–Trinajstić information content (AvgIpc) is 2.45. The van der Waals surface area contributed by atoms with Crippen LogP contribution in [-0.4, -0.2) is 16.5 Å². The first-order valence-corrected chi connectivity index (χ1v) is 7.16. The first kappa shape index (κ1) is 15.0. The fraction of sp³-hybridized carbons (Fsp3) is 0.294. The average molecular weight is 282 g/mol. The van der Waals surface area contributed by atoms with Crippen molar-refractivity contribution in [2.24, 2.45) is 0 Å². The molecule has 2 N–H and O–H groups in total. The molecule has 0 aliphatic rings. The zero-order valence-corrected chi connectivity index (χ0v) is 12.9. The fourth-order valence-electron chi connectivity index (χ4n) is 1.97. The Bertz CT molecular complexity index is 603. The third-order valence-corrected chi connectivity index (χ3v) is 3.11. The molecule has 0 aliphatic carbocycles. The summed E-state index contributed by atoms with van der Waals surface area (Å²) in [6, 6.07) is 10.3. The maximum Gasteiger partial charge on any atom is 0.225 e. The molecule has 1 aromatic carbocycles. The van der Waals surface area contributed by atoms with Crippen molar-refractivity contribution < 1.29 is 0 Å². The van der Waals surface area contributed by atoms with Crippen LogP contribution in [0.4, 0.5) is 17.5 Å². The number of nitrogens with one attached hydrogen (secondary N) is 2. The van der Waals surface area contributed by atoms with Gasteiger partial charge in [0.1, 0.15) is 5.82 Å². The van der Waals surface area contributed by atoms with Crippen molar-refractivity contribution in [3.05, 3.63) is 54.2 Å². The Labute approximate surface area is 126 Å². The highest BCUT2D eigenvalue weighted by molar-refractivity contribution is 5.58. The van der Waals surface area contributed by atoms with Crippen molar-refractivity contribution >= 4 is 17.5 Å². The summed E-state index contributed by atoms with van der Waals surface area (Å²) in [7, 11) is 0. The van der Waals surface area contributed by atoms with E-state index >= 15 is 0 Å². The van der Waals surface area contributed by atoms with Crippen LogP contribution in [0.25, 0.3) is 0 Å². The third kappa shape index (κ3) is 4.31. The minimum absolute atomic E-state index is 0.537. The van der Waals surface area contributed by atoms with Gasteiger partial charge < -0.3 is 10.6 Å². The molecule has 4 heteroatoms. The van der Waals surface area contributed by atoms with Crippen LogP contribution in [-0.2, 0) is 0 Å². The summed E-state index contributed by atoms with van der Waals surface area (Å²) in [6.07, 6.45) is 1.78. The molecule has 0 amide bonds. The maximum atomic E-state index is 4.44. The molecular weight excluding hydrogens is 260 g/mol. The Morgan fingerprint density at radius 1 is 1.19 bits per heavy atom. The predicted molar refractivity (Wildman–Crippen MR) is 89.3 cm³/mol. The summed E-state index contributed by atoms with van der Waals surface area (Å²) >= 11 is 0. The Morgan fingerprint density at radius 2 is 1.90 bits per heavy atom. The van der Waals surface area contributed by atoms with Gasteiger partial charge in [-0.05, 0) is 30.5 Å². The number of anilines is 3. The molecule has 0 fully saturated rings. The lowest BCUT2D eigenvalue weighted by atomic mass is 10.0. The first-order chi connectivity index (χ1) is 10.1. The number of rotatable bonds is 6. The normalized spacial score (nSPS) is 10.5. The molecule has 0 saturated heterocycles. The van der Waals surface area contributed by atoms with Gasteiger partial charge in [0.05, 0.1) is 0 Å². The highest BCUT2D eigenvalue weighted by Gasteiger charge is 2.03. The van der Waals surface area contributed by atoms with Gasteiger partial charge in [-0.15, -0.1) is 6.58 Å². The molecule has 0 aliphatic heterocycles. The van der Waals surface area contributed by atoms with Crippen molar-refractivity contribution in [3.63, 3.8) is 0 Å². The second-order valence-electron chi connectivity index (χ2n) is 5.29. The number of aryl methyl sites for hydroxylation is 1. The van der Waals surface area contributed by atoms with Crippen LogP contribution in [0, 0.1) is 6.92 Å². The van der Waals surface area contributed by atoms with Gasteiger partial charge in [-0.25, -0.2) is 4.98 Å². The maximum absolute atomic E-state index is 4.44. The van der Waals surface area contributed by atoms with Gasteiger partial charge in [-0.1, -0.05) is 32.1 Å². The highest BCUT2D eigenvalue weighted by atomic mass is 15.1. The standard InChI is InChI=1S/C17H22N4/c1-5-10-18-17-19-13(4)11-16(21-17)20-15-8-6-14(7-9-15)12(2)3/h5-9,11-12H,1,10H2,2-4H3,(H2,18,19,20,21). The van der Waals surface area contributed by atoms with Crippen molar-refractivity contribution in [3.8, 4) is 0 Å². The summed E-state index contributed by atoms with van der Waals surface area (Å²) in [5, 5.41) is 6.42. The largest absolute Gasteiger partial charge is 0.351 e. The van der Waals surface area contributed by atoms with Crippen LogP contribution in [0.3, 0.4) is 0 Å². The highest BCUT2D eigenvalue weighted by Crippen LogP contribution is 2.20. The van der Waals surface area contributed by atoms with Gasteiger partial charge in [0.2, 0.25) is 5.95 Å². The van der Waals surface area contributed by atoms with Crippen LogP contribution in [0.2, 0.25) is 0 Å². The van der Waals surface area contributed by atoms with Gasteiger partial charge in [-0.3, -0.25) is 0 Å². The molecule has 0 radical (unpaired) electrons. The van der Waals surface area contributed by atoms with Gasteiger partial charge in [-0.2, -0.15) is 4.98 Å². The van der Waals surface area contributed by atoms with E-state index in [-0.39, 0.29) is 0 Å². The van der Waals surface area contributed by atoms with Crippen molar-refractivity contribution in [1.82, 2.24) is 9.97 Å². The van der Waals surface area contributed by atoms with E-state index in [4.69, 9.17) is 0 Å². The van der Waals surface area contributed by atoms with E-state index in [1.807, 2.05) is 13.0 Å². The Morgan fingerprint density at radius 3 is 2.52 bits per heavy atom. The van der Waals surface area contributed by atoms with E-state index < -0.39 is 0 Å². The number of hydrogen-bond acceptors (Lipinski definition) is 4. The summed E-state index contributed by atoms with van der Waals surface area (Å²) < 4.78 is 0. The molecule has 2 aromatic rings. The molecule has 2 rings (SSSR count). The molecule has 0 atom stereocenters. The second kappa shape index (κ2) is 6.88. The van der Waals surface area contributed by atoms with Crippen LogP contribution in [0.15, 0.2) is 43.0 Å². The molecule has 0 bridgehead atoms. The summed E-state index contributed by atoms with van der Waals surface area (Å²) in [4.78, 5) is 8.78. The monoisotopic (exact) mass is 282 g/mol. The Hall–Kier alpha value is -2.36. The van der Waals surface area contributed by atoms with Crippen LogP contribution in [0.1, 0.15) is 31.0 Å². The van der Waals surface area contributed by atoms with E-state index in [1.165, 1.54) is 5.56 Å². The molecule has 21 heavy (non-hydrogen) atoms. The van der Waals surface area contributed by atoms with Gasteiger partial charge in [0.15, 0.2) is 0 Å². The van der Waals surface area contributed by atoms with Gasteiger partial charge in [0, 0.05) is 24.0 Å². The number of hydrogen-bond donors (Lipinski definition) is 2. The van der Waals surface area contributed by atoms with Crippen LogP contribution in [0.5, 0.6) is 0 Å². The van der Waals surface area contributed by atoms with Crippen LogP contribution >= 0.6 is 0 Å². The number of benzene rings is 1. The Balaban J connectivity index is 2.14. The minimum atomic E-state index is 0.537. The van der Waals surface area contributed by atoms with E-state index in [9.17, 15) is 0 Å². The topological polar surface area (TPSA) is 49.8 Å². The third-order valence-electron chi connectivity index (χ3n) is 3.11. The molecule has 1 heterocycles. The van der Waals surface area contributed by atoms with Crippen molar-refractivity contribution in [2.45, 2.75) is 26.7 Å². The van der Waals surface area contributed by atoms with E-state index in [0.29, 0.717) is 18.4 Å². The van der Waals surface area contributed by atoms with Crippen molar-refractivity contribution in [2.75, 3.05) is 17.2 Å². The first-order valence-electron chi connectivity index (χ1n) is 7.16. The Kier molecular flexibility index (Phi) is 4.93. The lowest BCUT2D eigenvalue weighted by Gasteiger charge is -2.10. The summed E-state index contributed by atoms with van der Waals surface area (Å²) in [6.45, 7) is 10.7. The zero-order chi connectivity index (χ0) is 15.2. The second-order valence-corrected chi connectivity index (χ2v) is 5.29. The number of nitrogens with zero attached hydrogens (tertiary/aromatic N) is 2. The van der Waals surface area contributed by atoms with E-state index in [2.05, 4.69) is 65.3 Å². The lowest BCUT2D eigenvalue weighted by Crippen LogP contribution is -2.06. The van der Waals surface area contributed by atoms with E-state index in [1.54, 1.807) is 6.08 Å². The molecule has 0 unspecified atom stereocenters. The number of aromatic nitrogens is 2. The van der Waals surface area contributed by atoms with Crippen LogP contribution < -0.4 is 10.6 Å². The van der Waals surface area contributed by atoms with Gasteiger partial charge in [0.25, 0.3) is 0 Å². The summed E-state index contributed by atoms with van der Waals surface area (Å²) in [5.74, 6) is 1.93. The molecule has 1 aromatic heterocycles. The van der Waals surface area contributed by atoms with Crippen molar-refractivity contribution in [1.29, 1.82) is 0 Å². The molecular formula is C17H22N4. The zero-order valence-electron chi connectivity index (χ0n) is 12.9. The quantitative estimate of drug-likeness (QED) is 0.778. The molecule has 4 nitrogen and oxygen atoms in total. The SMILES string of the molecule is C=CCNc1nc(C)cc(Nc2ccc(C(C)C)cc2)n1. The van der Waals surface area contributed by atoms with E-state index in [0.717, 1.165) is 17.2 Å². The molecule has 110 valence electrons. The lowest BCUT2D eigenvalue weighted by molar-refractivity contribution is 0.867. The predicted octanol–water partition coefficient (Wildman–Crippen LogP) is 4.25. The molecule has 0 saturated carbocycles. The molecule has 0 spiro atoms. The smallest absolute Gasteiger partial charge is 0.225 e. The van der Waals surface area contributed by atoms with Gasteiger partial charge >= 0.3 is 0 Å². The fourth-order valence-corrected chi connectivity index (χ4v) is 1.97. The summed E-state index contributed by atoms with van der Waals surface area (Å²) in [5.41, 5.74) is 3.26.